The third kappa shape index (κ3) is 3.33. The Hall–Kier alpha value is -1.26. The molecule has 0 unspecified atom stereocenters. The number of hydrogen-bond acceptors (Lipinski definition) is 3. The molecule has 1 saturated carbocycles. The molecule has 0 spiro atoms. The number of aryl methyl sites for hydroxylation is 1. The van der Waals surface area contributed by atoms with Crippen molar-refractivity contribution in [1.82, 2.24) is 0 Å². The van der Waals surface area contributed by atoms with Crippen LogP contribution in [0.15, 0.2) is 24.3 Å². The van der Waals surface area contributed by atoms with Gasteiger partial charge >= 0.3 is 5.97 Å². The Morgan fingerprint density at radius 3 is 2.29 bits per heavy atom. The van der Waals surface area contributed by atoms with E-state index in [-0.39, 0.29) is 0 Å². The zero-order valence-electron chi connectivity index (χ0n) is 12.1. The number of nitrogens with one attached hydrogen (secondary N) is 1. The summed E-state index contributed by atoms with van der Waals surface area (Å²) < 4.78 is 4.05. The number of halogens is 2. The van der Waals surface area contributed by atoms with E-state index in [0.717, 1.165) is 5.56 Å². The number of anilines is 1. The van der Waals surface area contributed by atoms with Crippen LogP contribution in [0.1, 0.15) is 25.8 Å². The van der Waals surface area contributed by atoms with Crippen molar-refractivity contribution >= 4 is 40.8 Å². The van der Waals surface area contributed by atoms with Crippen molar-refractivity contribution in [1.29, 1.82) is 0 Å². The Labute approximate surface area is 133 Å². The van der Waals surface area contributed by atoms with Gasteiger partial charge in [0.05, 0.1) is 0 Å². The lowest BCUT2D eigenvalue weighted by Crippen LogP contribution is -2.33. The number of hydrogen-bond donors (Lipinski definition) is 1. The third-order valence-electron chi connectivity index (χ3n) is 3.68. The van der Waals surface area contributed by atoms with E-state index in [9.17, 15) is 9.59 Å². The summed E-state index contributed by atoms with van der Waals surface area (Å²) in [5, 5.41) is 2.68. The maximum atomic E-state index is 12.0. The predicted molar refractivity (Wildman–Crippen MR) is 82.5 cm³/mol. The predicted octanol–water partition coefficient (Wildman–Crippen LogP) is 3.45. The van der Waals surface area contributed by atoms with Gasteiger partial charge in [-0.15, -0.1) is 23.2 Å². The topological polar surface area (TPSA) is 55.4 Å². The second-order valence-corrected chi connectivity index (χ2v) is 7.10. The van der Waals surface area contributed by atoms with E-state index in [2.05, 4.69) is 5.32 Å². The lowest BCUT2D eigenvalue weighted by atomic mass is 10.1. The minimum absolute atomic E-state index is 0.328. The fraction of sp³-hybridized carbons (Fsp3) is 0.467. The van der Waals surface area contributed by atoms with Crippen molar-refractivity contribution in [3.05, 3.63) is 29.8 Å². The molecule has 1 fully saturated rings. The van der Waals surface area contributed by atoms with Gasteiger partial charge in [-0.3, -0.25) is 9.59 Å². The monoisotopic (exact) mass is 329 g/mol. The van der Waals surface area contributed by atoms with Crippen LogP contribution >= 0.6 is 23.2 Å². The van der Waals surface area contributed by atoms with Crippen LogP contribution in [0.4, 0.5) is 5.69 Å². The molecule has 6 heteroatoms. The standard InChI is InChI=1S/C15H17Cl2NO3/c1-9-4-6-11(7-5-9)18-12(19)10(2)21-13(20)14(3)8-15(14,16)17/h4-7,10H,8H2,1-3H3,(H,18,19)/t10-,14+/m1/s1. The van der Waals surface area contributed by atoms with Gasteiger partial charge in [0.15, 0.2) is 6.10 Å². The summed E-state index contributed by atoms with van der Waals surface area (Å²) in [6.45, 7) is 5.09. The highest BCUT2D eigenvalue weighted by Gasteiger charge is 2.69. The molecule has 2 rings (SSSR count). The minimum atomic E-state index is -1.10. The van der Waals surface area contributed by atoms with E-state index in [4.69, 9.17) is 27.9 Å². The molecule has 1 aromatic carbocycles. The van der Waals surface area contributed by atoms with E-state index in [1.807, 2.05) is 19.1 Å². The average Bonchev–Trinajstić information content (AvgIpc) is 2.92. The van der Waals surface area contributed by atoms with Gasteiger partial charge in [-0.2, -0.15) is 0 Å². The summed E-state index contributed by atoms with van der Waals surface area (Å²) >= 11 is 11.8. The second kappa shape index (κ2) is 5.50. The summed E-state index contributed by atoms with van der Waals surface area (Å²) in [6, 6.07) is 7.33. The Morgan fingerprint density at radius 2 is 1.81 bits per heavy atom. The van der Waals surface area contributed by atoms with Crippen LogP contribution in [0.3, 0.4) is 0 Å². The average molecular weight is 330 g/mol. The number of esters is 1. The van der Waals surface area contributed by atoms with Crippen molar-refractivity contribution in [3.8, 4) is 0 Å². The SMILES string of the molecule is Cc1ccc(NC(=O)[C@@H](C)OC(=O)[C@]2(C)CC2(Cl)Cl)cc1. The first-order valence-electron chi connectivity index (χ1n) is 6.62. The van der Waals surface area contributed by atoms with Crippen LogP contribution in [-0.2, 0) is 14.3 Å². The van der Waals surface area contributed by atoms with Crippen LogP contribution in [0.25, 0.3) is 0 Å². The zero-order chi connectivity index (χ0) is 15.8. The van der Waals surface area contributed by atoms with Crippen LogP contribution < -0.4 is 5.32 Å². The van der Waals surface area contributed by atoms with E-state index in [1.165, 1.54) is 6.92 Å². The quantitative estimate of drug-likeness (QED) is 0.679. The first kappa shape index (κ1) is 16.1. The Kier molecular flexibility index (Phi) is 4.22. The van der Waals surface area contributed by atoms with E-state index >= 15 is 0 Å². The molecule has 1 aliphatic carbocycles. The van der Waals surface area contributed by atoms with Gasteiger partial charge < -0.3 is 10.1 Å². The van der Waals surface area contributed by atoms with Crippen LogP contribution in [-0.4, -0.2) is 22.3 Å². The number of carbonyl (C=O) groups is 2. The van der Waals surface area contributed by atoms with Crippen molar-refractivity contribution < 1.29 is 14.3 Å². The van der Waals surface area contributed by atoms with Gasteiger partial charge in [0.2, 0.25) is 0 Å². The molecule has 21 heavy (non-hydrogen) atoms. The smallest absolute Gasteiger partial charge is 0.315 e. The molecule has 0 bridgehead atoms. The van der Waals surface area contributed by atoms with E-state index in [0.29, 0.717) is 12.1 Å². The zero-order valence-corrected chi connectivity index (χ0v) is 13.6. The molecule has 0 aliphatic heterocycles. The van der Waals surface area contributed by atoms with Crippen LogP contribution in [0.2, 0.25) is 0 Å². The molecule has 0 heterocycles. The van der Waals surface area contributed by atoms with E-state index in [1.54, 1.807) is 19.1 Å². The molecule has 0 saturated heterocycles. The van der Waals surface area contributed by atoms with Gasteiger partial charge in [-0.1, -0.05) is 17.7 Å². The summed E-state index contributed by atoms with van der Waals surface area (Å²) in [5.41, 5.74) is 0.805. The van der Waals surface area contributed by atoms with Gasteiger partial charge in [0, 0.05) is 12.1 Å². The fourth-order valence-electron chi connectivity index (χ4n) is 1.85. The van der Waals surface area contributed by atoms with E-state index < -0.39 is 27.7 Å². The lowest BCUT2D eigenvalue weighted by molar-refractivity contribution is -0.158. The Bertz CT molecular complexity index is 571. The molecule has 4 nitrogen and oxygen atoms in total. The molecule has 1 N–H and O–H groups in total. The molecular weight excluding hydrogens is 313 g/mol. The number of ether oxygens (including phenoxy) is 1. The van der Waals surface area contributed by atoms with Crippen molar-refractivity contribution in [2.45, 2.75) is 37.6 Å². The highest BCUT2D eigenvalue weighted by molar-refractivity contribution is 6.53. The highest BCUT2D eigenvalue weighted by atomic mass is 35.5. The Balaban J connectivity index is 1.91. The van der Waals surface area contributed by atoms with Gasteiger partial charge in [-0.05, 0) is 32.9 Å². The van der Waals surface area contributed by atoms with Crippen LogP contribution in [0.5, 0.6) is 0 Å². The van der Waals surface area contributed by atoms with Gasteiger partial charge in [0.25, 0.3) is 5.91 Å². The molecule has 114 valence electrons. The van der Waals surface area contributed by atoms with Gasteiger partial charge in [-0.25, -0.2) is 0 Å². The number of rotatable bonds is 4. The highest BCUT2D eigenvalue weighted by Crippen LogP contribution is 2.64. The molecule has 2 atom stereocenters. The molecule has 1 aromatic rings. The molecule has 1 amide bonds. The fourth-order valence-corrected chi connectivity index (χ4v) is 2.54. The largest absolute Gasteiger partial charge is 0.452 e. The van der Waals surface area contributed by atoms with Crippen molar-refractivity contribution in [2.75, 3.05) is 5.32 Å². The number of amides is 1. The summed E-state index contributed by atoms with van der Waals surface area (Å²) in [6.07, 6.45) is -0.589. The molecule has 0 aromatic heterocycles. The maximum absolute atomic E-state index is 12.0. The summed E-state index contributed by atoms with van der Waals surface area (Å²) in [4.78, 5) is 24.0. The first-order chi connectivity index (χ1) is 9.65. The maximum Gasteiger partial charge on any atom is 0.315 e. The molecular formula is C15H17Cl2NO3. The first-order valence-corrected chi connectivity index (χ1v) is 7.38. The minimum Gasteiger partial charge on any atom is -0.452 e. The number of carbonyl (C=O) groups excluding carboxylic acids is 2. The van der Waals surface area contributed by atoms with Crippen molar-refractivity contribution in [3.63, 3.8) is 0 Å². The second-order valence-electron chi connectivity index (χ2n) is 5.62. The Morgan fingerprint density at radius 1 is 1.29 bits per heavy atom. The normalized spacial score (nSPS) is 24.0. The number of benzene rings is 1. The summed E-state index contributed by atoms with van der Waals surface area (Å²) in [5.74, 6) is -0.953. The van der Waals surface area contributed by atoms with Gasteiger partial charge in [0.1, 0.15) is 9.75 Å². The molecule has 1 aliphatic rings. The third-order valence-corrected chi connectivity index (χ3v) is 4.78. The van der Waals surface area contributed by atoms with Crippen LogP contribution in [0, 0.1) is 12.3 Å². The lowest BCUT2D eigenvalue weighted by Gasteiger charge is -2.17. The summed E-state index contributed by atoms with van der Waals surface area (Å²) in [7, 11) is 0. The number of alkyl halides is 2. The van der Waals surface area contributed by atoms with Crippen molar-refractivity contribution in [2.24, 2.45) is 5.41 Å². The molecule has 0 radical (unpaired) electrons.